The molecule has 1 aromatic rings. The van der Waals surface area contributed by atoms with Crippen molar-refractivity contribution < 1.29 is 13.7 Å². The molecule has 1 amide bonds. The molecule has 1 saturated heterocycles. The SMILES string of the molecule is COc1cccc(C2NC(C)C(=O)N2CCS(C)=O)c1. The zero-order valence-electron chi connectivity index (χ0n) is 12.0. The molecule has 2 rings (SSSR count). The van der Waals surface area contributed by atoms with Crippen molar-refractivity contribution in [3.8, 4) is 5.75 Å². The number of amides is 1. The number of nitrogens with one attached hydrogen (secondary N) is 1. The molecule has 1 fully saturated rings. The number of benzene rings is 1. The first-order chi connectivity index (χ1) is 9.52. The van der Waals surface area contributed by atoms with Gasteiger partial charge in [0.05, 0.1) is 13.2 Å². The Morgan fingerprint density at radius 1 is 1.45 bits per heavy atom. The Balaban J connectivity index is 2.22. The van der Waals surface area contributed by atoms with E-state index in [1.54, 1.807) is 18.3 Å². The molecule has 3 atom stereocenters. The number of rotatable bonds is 5. The number of hydrogen-bond acceptors (Lipinski definition) is 4. The highest BCUT2D eigenvalue weighted by molar-refractivity contribution is 7.84. The smallest absolute Gasteiger partial charge is 0.241 e. The van der Waals surface area contributed by atoms with E-state index in [1.807, 2.05) is 31.2 Å². The van der Waals surface area contributed by atoms with Gasteiger partial charge in [0, 0.05) is 29.4 Å². The van der Waals surface area contributed by atoms with Gasteiger partial charge in [-0.15, -0.1) is 0 Å². The van der Waals surface area contributed by atoms with Crippen LogP contribution in [0.15, 0.2) is 24.3 Å². The molecule has 1 N–H and O–H groups in total. The van der Waals surface area contributed by atoms with Crippen molar-refractivity contribution in [2.45, 2.75) is 19.1 Å². The van der Waals surface area contributed by atoms with E-state index in [0.29, 0.717) is 12.3 Å². The van der Waals surface area contributed by atoms with Crippen LogP contribution in [-0.2, 0) is 15.6 Å². The van der Waals surface area contributed by atoms with Crippen molar-refractivity contribution in [3.63, 3.8) is 0 Å². The summed E-state index contributed by atoms with van der Waals surface area (Å²) in [4.78, 5) is 13.9. The lowest BCUT2D eigenvalue weighted by molar-refractivity contribution is -0.129. The van der Waals surface area contributed by atoms with E-state index in [9.17, 15) is 9.00 Å². The lowest BCUT2D eigenvalue weighted by atomic mass is 10.1. The van der Waals surface area contributed by atoms with Gasteiger partial charge in [0.2, 0.25) is 5.91 Å². The molecule has 0 aliphatic carbocycles. The Labute approximate surface area is 121 Å². The predicted octanol–water partition coefficient (Wildman–Crippen LogP) is 0.893. The molecule has 0 spiro atoms. The normalized spacial score (nSPS) is 23.9. The molecule has 0 aromatic heterocycles. The molecule has 20 heavy (non-hydrogen) atoms. The summed E-state index contributed by atoms with van der Waals surface area (Å²) in [5, 5.41) is 3.27. The van der Waals surface area contributed by atoms with E-state index in [0.717, 1.165) is 11.3 Å². The molecule has 0 radical (unpaired) electrons. The third-order valence-corrected chi connectivity index (χ3v) is 4.16. The molecule has 0 bridgehead atoms. The molecule has 3 unspecified atom stereocenters. The number of hydrogen-bond donors (Lipinski definition) is 1. The molecule has 1 aliphatic heterocycles. The van der Waals surface area contributed by atoms with Gasteiger partial charge in [0.1, 0.15) is 11.9 Å². The van der Waals surface area contributed by atoms with Crippen LogP contribution in [0.4, 0.5) is 0 Å². The first-order valence-corrected chi connectivity index (χ1v) is 8.26. The molecule has 1 aromatic carbocycles. The second-order valence-corrected chi connectivity index (χ2v) is 6.43. The lowest BCUT2D eigenvalue weighted by Crippen LogP contribution is -2.33. The van der Waals surface area contributed by atoms with Gasteiger partial charge in [0.25, 0.3) is 0 Å². The van der Waals surface area contributed by atoms with E-state index < -0.39 is 10.8 Å². The average Bonchev–Trinajstić information content (AvgIpc) is 2.72. The minimum Gasteiger partial charge on any atom is -0.497 e. The van der Waals surface area contributed by atoms with Crippen molar-refractivity contribution in [1.82, 2.24) is 10.2 Å². The van der Waals surface area contributed by atoms with Gasteiger partial charge in [-0.05, 0) is 24.6 Å². The molecule has 110 valence electrons. The zero-order valence-corrected chi connectivity index (χ0v) is 12.8. The van der Waals surface area contributed by atoms with Gasteiger partial charge in [-0.2, -0.15) is 0 Å². The number of carbonyl (C=O) groups excluding carboxylic acids is 1. The third kappa shape index (κ3) is 3.19. The number of carbonyl (C=O) groups is 1. The van der Waals surface area contributed by atoms with Gasteiger partial charge in [-0.1, -0.05) is 12.1 Å². The largest absolute Gasteiger partial charge is 0.497 e. The standard InChI is InChI=1S/C14H20N2O3S/c1-10-14(17)16(7-8-20(3)18)13(15-10)11-5-4-6-12(9-11)19-2/h4-6,9-10,13,15H,7-8H2,1-3H3. The van der Waals surface area contributed by atoms with Crippen LogP contribution in [0.25, 0.3) is 0 Å². The van der Waals surface area contributed by atoms with Crippen LogP contribution >= 0.6 is 0 Å². The lowest BCUT2D eigenvalue weighted by Gasteiger charge is -2.24. The van der Waals surface area contributed by atoms with Gasteiger partial charge in [-0.25, -0.2) is 0 Å². The monoisotopic (exact) mass is 296 g/mol. The molecule has 6 heteroatoms. The Bertz CT molecular complexity index is 521. The second kappa shape index (κ2) is 6.37. The molecule has 5 nitrogen and oxygen atoms in total. The zero-order chi connectivity index (χ0) is 14.7. The van der Waals surface area contributed by atoms with Crippen LogP contribution in [0.3, 0.4) is 0 Å². The van der Waals surface area contributed by atoms with E-state index in [1.165, 1.54) is 0 Å². The third-order valence-electron chi connectivity index (χ3n) is 3.40. The Morgan fingerprint density at radius 2 is 2.20 bits per heavy atom. The van der Waals surface area contributed by atoms with Crippen LogP contribution < -0.4 is 10.1 Å². The van der Waals surface area contributed by atoms with Crippen molar-refractivity contribution in [3.05, 3.63) is 29.8 Å². The average molecular weight is 296 g/mol. The van der Waals surface area contributed by atoms with Crippen molar-refractivity contribution in [1.29, 1.82) is 0 Å². The Kier molecular flexibility index (Phi) is 4.77. The van der Waals surface area contributed by atoms with E-state index in [-0.39, 0.29) is 18.1 Å². The maximum absolute atomic E-state index is 12.2. The maximum Gasteiger partial charge on any atom is 0.241 e. The van der Waals surface area contributed by atoms with Crippen molar-refractivity contribution in [2.75, 3.05) is 25.7 Å². The summed E-state index contributed by atoms with van der Waals surface area (Å²) >= 11 is 0. The van der Waals surface area contributed by atoms with Gasteiger partial charge in [-0.3, -0.25) is 14.3 Å². The van der Waals surface area contributed by atoms with Crippen LogP contribution in [0, 0.1) is 0 Å². The maximum atomic E-state index is 12.2. The van der Waals surface area contributed by atoms with Crippen LogP contribution in [0.2, 0.25) is 0 Å². The van der Waals surface area contributed by atoms with E-state index >= 15 is 0 Å². The Morgan fingerprint density at radius 3 is 2.85 bits per heavy atom. The molecular weight excluding hydrogens is 276 g/mol. The molecule has 1 heterocycles. The van der Waals surface area contributed by atoms with Gasteiger partial charge < -0.3 is 9.64 Å². The fraction of sp³-hybridized carbons (Fsp3) is 0.500. The van der Waals surface area contributed by atoms with Crippen molar-refractivity contribution in [2.24, 2.45) is 0 Å². The molecule has 0 saturated carbocycles. The number of nitrogens with zero attached hydrogens (tertiary/aromatic N) is 1. The van der Waals surface area contributed by atoms with Crippen LogP contribution in [0.1, 0.15) is 18.7 Å². The molecular formula is C14H20N2O3S. The van der Waals surface area contributed by atoms with Crippen LogP contribution in [-0.4, -0.2) is 46.7 Å². The topological polar surface area (TPSA) is 58.6 Å². The highest BCUT2D eigenvalue weighted by Crippen LogP contribution is 2.27. The summed E-state index contributed by atoms with van der Waals surface area (Å²) in [5.41, 5.74) is 0.976. The summed E-state index contributed by atoms with van der Waals surface area (Å²) in [6, 6.07) is 7.42. The summed E-state index contributed by atoms with van der Waals surface area (Å²) in [5.74, 6) is 1.29. The quantitative estimate of drug-likeness (QED) is 0.877. The van der Waals surface area contributed by atoms with Crippen LogP contribution in [0.5, 0.6) is 5.75 Å². The predicted molar refractivity (Wildman–Crippen MR) is 79.0 cm³/mol. The number of methoxy groups -OCH3 is 1. The highest BCUT2D eigenvalue weighted by Gasteiger charge is 2.36. The Hall–Kier alpha value is -1.40. The summed E-state index contributed by atoms with van der Waals surface area (Å²) in [7, 11) is 0.707. The highest BCUT2D eigenvalue weighted by atomic mass is 32.2. The van der Waals surface area contributed by atoms with E-state index in [4.69, 9.17) is 4.74 Å². The molecule has 1 aliphatic rings. The van der Waals surface area contributed by atoms with E-state index in [2.05, 4.69) is 5.32 Å². The first-order valence-electron chi connectivity index (χ1n) is 6.53. The summed E-state index contributed by atoms with van der Waals surface area (Å²) in [6.45, 7) is 2.33. The first kappa shape index (κ1) is 15.0. The fourth-order valence-electron chi connectivity index (χ4n) is 2.33. The second-order valence-electron chi connectivity index (χ2n) is 4.88. The summed E-state index contributed by atoms with van der Waals surface area (Å²) < 4.78 is 16.5. The number of ether oxygens (including phenoxy) is 1. The fourth-order valence-corrected chi connectivity index (χ4v) is 2.78. The van der Waals surface area contributed by atoms with Gasteiger partial charge >= 0.3 is 0 Å². The summed E-state index contributed by atoms with van der Waals surface area (Å²) in [6.07, 6.45) is 1.47. The minimum absolute atomic E-state index is 0.0447. The van der Waals surface area contributed by atoms with Crippen molar-refractivity contribution >= 4 is 16.7 Å². The van der Waals surface area contributed by atoms with Gasteiger partial charge in [0.15, 0.2) is 0 Å². The minimum atomic E-state index is -0.911.